The number of nitrogens with one attached hydrogen (secondary N) is 1. The molecule has 1 saturated heterocycles. The summed E-state index contributed by atoms with van der Waals surface area (Å²) in [6.45, 7) is 6.09. The zero-order valence-corrected chi connectivity index (χ0v) is 17.8. The Morgan fingerprint density at radius 3 is 2.30 bits per heavy atom. The molecule has 12 heteroatoms. The maximum absolute atomic E-state index is 12.7. The SMILES string of the molecule is Cc1cc(OC(F)(F)F)ccc1N1CCN(S(=O)(=O)CC(C(=O)NO)C(C)C)CC1. The molecular weight excluding hydrogens is 427 g/mol. The van der Waals surface area contributed by atoms with Gasteiger partial charge in [-0.15, -0.1) is 13.2 Å². The third-order valence-corrected chi connectivity index (χ3v) is 6.95. The molecular formula is C18H26F3N3O5S. The van der Waals surface area contributed by atoms with Crippen LogP contribution in [0.4, 0.5) is 18.9 Å². The van der Waals surface area contributed by atoms with Crippen LogP contribution in [0.2, 0.25) is 0 Å². The molecule has 1 atom stereocenters. The molecule has 1 aliphatic heterocycles. The minimum atomic E-state index is -4.77. The number of carbonyl (C=O) groups excluding carboxylic acids is 1. The van der Waals surface area contributed by atoms with Gasteiger partial charge in [0.05, 0.1) is 11.7 Å². The number of ether oxygens (including phenoxy) is 1. The van der Waals surface area contributed by atoms with E-state index in [-0.39, 0.29) is 24.8 Å². The van der Waals surface area contributed by atoms with Gasteiger partial charge in [-0.1, -0.05) is 13.8 Å². The molecule has 30 heavy (non-hydrogen) atoms. The van der Waals surface area contributed by atoms with E-state index in [1.807, 2.05) is 4.90 Å². The Hall–Kier alpha value is -2.05. The predicted molar refractivity (Wildman–Crippen MR) is 104 cm³/mol. The summed E-state index contributed by atoms with van der Waals surface area (Å²) in [5.41, 5.74) is 2.79. The number of rotatable bonds is 7. The van der Waals surface area contributed by atoms with Crippen molar-refractivity contribution in [3.05, 3.63) is 23.8 Å². The Morgan fingerprint density at radius 1 is 1.23 bits per heavy atom. The van der Waals surface area contributed by atoms with E-state index in [4.69, 9.17) is 5.21 Å². The Kier molecular flexibility index (Phi) is 7.59. The molecule has 1 unspecified atom stereocenters. The maximum atomic E-state index is 12.7. The Morgan fingerprint density at radius 2 is 1.83 bits per heavy atom. The monoisotopic (exact) mass is 453 g/mol. The van der Waals surface area contributed by atoms with Crippen LogP contribution in [0.15, 0.2) is 18.2 Å². The van der Waals surface area contributed by atoms with Gasteiger partial charge < -0.3 is 9.64 Å². The molecule has 1 aromatic carbocycles. The molecule has 1 aromatic rings. The topological polar surface area (TPSA) is 99.2 Å². The van der Waals surface area contributed by atoms with Crippen LogP contribution in [0.5, 0.6) is 5.75 Å². The molecule has 170 valence electrons. The van der Waals surface area contributed by atoms with Crippen LogP contribution in [-0.4, -0.2) is 62.1 Å². The van der Waals surface area contributed by atoms with E-state index in [2.05, 4.69) is 4.74 Å². The van der Waals surface area contributed by atoms with Crippen molar-refractivity contribution in [1.29, 1.82) is 0 Å². The van der Waals surface area contributed by atoms with Crippen molar-refractivity contribution in [3.63, 3.8) is 0 Å². The number of halogens is 3. The quantitative estimate of drug-likeness (QED) is 0.485. The fourth-order valence-electron chi connectivity index (χ4n) is 3.37. The molecule has 2 N–H and O–H groups in total. The summed E-state index contributed by atoms with van der Waals surface area (Å²) in [4.78, 5) is 13.7. The first-order chi connectivity index (χ1) is 13.8. The number of anilines is 1. The molecule has 1 heterocycles. The second-order valence-corrected chi connectivity index (χ2v) is 9.50. The molecule has 1 aliphatic rings. The lowest BCUT2D eigenvalue weighted by atomic mass is 9.97. The van der Waals surface area contributed by atoms with Crippen molar-refractivity contribution in [2.24, 2.45) is 11.8 Å². The van der Waals surface area contributed by atoms with Gasteiger partial charge in [0.2, 0.25) is 15.9 Å². The standard InChI is InChI=1S/C18H26F3N3O5S/c1-12(2)15(17(25)22-26)11-30(27,28)24-8-6-23(7-9-24)16-5-4-14(10-13(16)3)29-18(19,20)21/h4-5,10,12,15,26H,6-9,11H2,1-3H3,(H,22,25). The smallest absolute Gasteiger partial charge is 0.406 e. The molecule has 8 nitrogen and oxygen atoms in total. The van der Waals surface area contributed by atoms with Crippen molar-refractivity contribution >= 4 is 21.6 Å². The number of carbonyl (C=O) groups is 1. The van der Waals surface area contributed by atoms with Crippen LogP contribution < -0.4 is 15.1 Å². The van der Waals surface area contributed by atoms with E-state index in [0.717, 1.165) is 0 Å². The average Bonchev–Trinajstić information content (AvgIpc) is 2.64. The minimum absolute atomic E-state index is 0.175. The van der Waals surface area contributed by atoms with E-state index in [0.29, 0.717) is 24.3 Å². The van der Waals surface area contributed by atoms with Gasteiger partial charge in [-0.3, -0.25) is 10.0 Å². The number of benzene rings is 1. The number of hydroxylamine groups is 1. The lowest BCUT2D eigenvalue weighted by molar-refractivity contribution is -0.274. The van der Waals surface area contributed by atoms with Crippen molar-refractivity contribution in [2.45, 2.75) is 27.1 Å². The summed E-state index contributed by atoms with van der Waals surface area (Å²) in [7, 11) is -3.74. The molecule has 0 aromatic heterocycles. The number of alkyl halides is 3. The largest absolute Gasteiger partial charge is 0.573 e. The molecule has 0 radical (unpaired) electrons. The van der Waals surface area contributed by atoms with Crippen LogP contribution in [-0.2, 0) is 14.8 Å². The van der Waals surface area contributed by atoms with Crippen molar-refractivity contribution in [1.82, 2.24) is 9.79 Å². The fourth-order valence-corrected chi connectivity index (χ4v) is 5.29. The van der Waals surface area contributed by atoms with Gasteiger partial charge in [0, 0.05) is 31.9 Å². The van der Waals surface area contributed by atoms with Gasteiger partial charge in [0.25, 0.3) is 0 Å². The lowest BCUT2D eigenvalue weighted by Crippen LogP contribution is -2.51. The molecule has 0 spiro atoms. The first-order valence-electron chi connectivity index (χ1n) is 9.37. The Bertz CT molecular complexity index is 853. The van der Waals surface area contributed by atoms with Crippen LogP contribution in [0.25, 0.3) is 0 Å². The first kappa shape index (κ1) is 24.2. The van der Waals surface area contributed by atoms with Gasteiger partial charge in [-0.2, -0.15) is 4.31 Å². The molecule has 0 bridgehead atoms. The summed E-state index contributed by atoms with van der Waals surface area (Å²) in [6, 6.07) is 4.02. The van der Waals surface area contributed by atoms with Crippen LogP contribution >= 0.6 is 0 Å². The summed E-state index contributed by atoms with van der Waals surface area (Å²) in [5, 5.41) is 8.84. The number of piperazine rings is 1. The van der Waals surface area contributed by atoms with Crippen LogP contribution in [0, 0.1) is 18.8 Å². The van der Waals surface area contributed by atoms with Crippen molar-refractivity contribution in [2.75, 3.05) is 36.8 Å². The Labute approximate surface area is 173 Å². The highest BCUT2D eigenvalue weighted by molar-refractivity contribution is 7.89. The summed E-state index contributed by atoms with van der Waals surface area (Å²) < 4.78 is 67.8. The van der Waals surface area contributed by atoms with Gasteiger partial charge in [0.1, 0.15) is 5.75 Å². The molecule has 0 aliphatic carbocycles. The number of aryl methyl sites for hydroxylation is 1. The zero-order chi connectivity index (χ0) is 22.7. The van der Waals surface area contributed by atoms with Crippen LogP contribution in [0.1, 0.15) is 19.4 Å². The molecule has 0 saturated carbocycles. The fraction of sp³-hybridized carbons (Fsp3) is 0.611. The highest BCUT2D eigenvalue weighted by atomic mass is 32.2. The first-order valence-corrected chi connectivity index (χ1v) is 11.0. The number of amides is 1. The van der Waals surface area contributed by atoms with Gasteiger partial charge in [0.15, 0.2) is 0 Å². The van der Waals surface area contributed by atoms with E-state index < -0.39 is 34.0 Å². The molecule has 1 fully saturated rings. The number of hydrogen-bond donors (Lipinski definition) is 2. The van der Waals surface area contributed by atoms with Gasteiger partial charge in [-0.05, 0) is 36.6 Å². The summed E-state index contributed by atoms with van der Waals surface area (Å²) >= 11 is 0. The molecule has 2 rings (SSSR count). The second-order valence-electron chi connectivity index (χ2n) is 7.49. The van der Waals surface area contributed by atoms with E-state index in [9.17, 15) is 26.4 Å². The number of nitrogens with zero attached hydrogens (tertiary/aromatic N) is 2. The summed E-state index contributed by atoms with van der Waals surface area (Å²) in [5.74, 6) is -2.65. The third-order valence-electron chi connectivity index (χ3n) is 5.02. The van der Waals surface area contributed by atoms with E-state index in [1.165, 1.54) is 28.0 Å². The van der Waals surface area contributed by atoms with Gasteiger partial charge >= 0.3 is 6.36 Å². The average molecular weight is 453 g/mol. The number of sulfonamides is 1. The van der Waals surface area contributed by atoms with Crippen LogP contribution in [0.3, 0.4) is 0 Å². The highest BCUT2D eigenvalue weighted by Gasteiger charge is 2.34. The van der Waals surface area contributed by atoms with Crippen molar-refractivity contribution in [3.8, 4) is 5.75 Å². The zero-order valence-electron chi connectivity index (χ0n) is 16.9. The minimum Gasteiger partial charge on any atom is -0.406 e. The predicted octanol–water partition coefficient (Wildman–Crippen LogP) is 2.12. The normalized spacial score (nSPS) is 17.1. The van der Waals surface area contributed by atoms with Crippen molar-refractivity contribution < 1.29 is 36.3 Å². The van der Waals surface area contributed by atoms with E-state index >= 15 is 0 Å². The lowest BCUT2D eigenvalue weighted by Gasteiger charge is -2.36. The maximum Gasteiger partial charge on any atom is 0.573 e. The Balaban J connectivity index is 2.04. The summed E-state index contributed by atoms with van der Waals surface area (Å²) in [6.07, 6.45) is -4.77. The third kappa shape index (κ3) is 6.22. The van der Waals surface area contributed by atoms with Gasteiger partial charge in [-0.25, -0.2) is 13.9 Å². The molecule has 1 amide bonds. The van der Waals surface area contributed by atoms with E-state index in [1.54, 1.807) is 20.8 Å². The number of hydrogen-bond acceptors (Lipinski definition) is 6. The highest BCUT2D eigenvalue weighted by Crippen LogP contribution is 2.29. The second kappa shape index (κ2) is 9.40.